The number of rotatable bonds is 9. The lowest BCUT2D eigenvalue weighted by atomic mass is 9.82. The Morgan fingerprint density at radius 3 is 2.39 bits per heavy atom. The first-order valence-corrected chi connectivity index (χ1v) is 11.7. The fourth-order valence-electron chi connectivity index (χ4n) is 5.77. The number of nitrogens with two attached hydrogens (primary N) is 1. The maximum absolute atomic E-state index is 12.6. The molecule has 2 heterocycles. The summed E-state index contributed by atoms with van der Waals surface area (Å²) in [7, 11) is 0. The van der Waals surface area contributed by atoms with Gasteiger partial charge in [0.1, 0.15) is 0 Å². The van der Waals surface area contributed by atoms with Gasteiger partial charge in [0.15, 0.2) is 6.10 Å². The zero-order valence-electron chi connectivity index (χ0n) is 18.2. The Hall–Kier alpha value is -1.96. The first-order chi connectivity index (χ1) is 15.0. The molecule has 1 aliphatic carbocycles. The molecular formula is C24H35N3O4. The van der Waals surface area contributed by atoms with E-state index in [2.05, 4.69) is 4.90 Å². The van der Waals surface area contributed by atoms with Crippen LogP contribution in [0.5, 0.6) is 0 Å². The van der Waals surface area contributed by atoms with Crippen LogP contribution in [0.25, 0.3) is 0 Å². The molecule has 3 aliphatic rings. The lowest BCUT2D eigenvalue weighted by Gasteiger charge is -2.41. The topological polar surface area (TPSA) is 107 Å². The smallest absolute Gasteiger partial charge is 0.253 e. The first-order valence-electron chi connectivity index (χ1n) is 11.7. The van der Waals surface area contributed by atoms with Crippen molar-refractivity contribution in [1.29, 1.82) is 0 Å². The summed E-state index contributed by atoms with van der Waals surface area (Å²) in [6.07, 6.45) is 6.41. The molecule has 170 valence electrons. The molecule has 31 heavy (non-hydrogen) atoms. The van der Waals surface area contributed by atoms with Crippen LogP contribution in [0.3, 0.4) is 0 Å². The average Bonchev–Trinajstić information content (AvgIpc) is 2.98. The molecule has 1 saturated carbocycles. The summed E-state index contributed by atoms with van der Waals surface area (Å²) < 4.78 is 0. The van der Waals surface area contributed by atoms with Gasteiger partial charge in [-0.1, -0.05) is 24.6 Å². The van der Waals surface area contributed by atoms with Crippen LogP contribution in [0.1, 0.15) is 66.8 Å². The van der Waals surface area contributed by atoms with Crippen molar-refractivity contribution >= 4 is 11.8 Å². The lowest BCUT2D eigenvalue weighted by Crippen LogP contribution is -2.50. The van der Waals surface area contributed by atoms with Crippen molar-refractivity contribution in [2.45, 2.75) is 69.1 Å². The third-order valence-electron chi connectivity index (χ3n) is 7.65. The van der Waals surface area contributed by atoms with Crippen molar-refractivity contribution in [3.8, 4) is 0 Å². The van der Waals surface area contributed by atoms with E-state index in [4.69, 9.17) is 5.73 Å². The van der Waals surface area contributed by atoms with Gasteiger partial charge in [0, 0.05) is 37.3 Å². The minimum absolute atomic E-state index is 0.335. The molecule has 0 radical (unpaired) electrons. The summed E-state index contributed by atoms with van der Waals surface area (Å²) in [5.41, 5.74) is 7.31. The number of amides is 2. The normalized spacial score (nSPS) is 27.0. The molecule has 3 atom stereocenters. The second-order valence-corrected chi connectivity index (χ2v) is 9.52. The maximum Gasteiger partial charge on any atom is 0.253 e. The molecule has 0 aromatic heterocycles. The van der Waals surface area contributed by atoms with Crippen molar-refractivity contribution in [1.82, 2.24) is 9.80 Å². The Balaban J connectivity index is 1.40. The van der Waals surface area contributed by atoms with Crippen molar-refractivity contribution in [3.63, 3.8) is 0 Å². The van der Waals surface area contributed by atoms with Crippen molar-refractivity contribution in [2.24, 2.45) is 11.7 Å². The van der Waals surface area contributed by atoms with E-state index in [9.17, 15) is 19.8 Å². The van der Waals surface area contributed by atoms with Gasteiger partial charge in [-0.3, -0.25) is 14.5 Å². The minimum Gasteiger partial charge on any atom is -0.393 e. The predicted molar refractivity (Wildman–Crippen MR) is 117 cm³/mol. The molecule has 1 aromatic rings. The second-order valence-electron chi connectivity index (χ2n) is 9.52. The highest BCUT2D eigenvalue weighted by Crippen LogP contribution is 2.43. The third kappa shape index (κ3) is 4.78. The number of aliphatic hydroxyl groups excluding tert-OH is 2. The van der Waals surface area contributed by atoms with Crippen molar-refractivity contribution in [2.75, 3.05) is 26.2 Å². The number of carbonyl (C=O) groups excluding carboxylic acids is 2. The highest BCUT2D eigenvalue weighted by molar-refractivity contribution is 5.94. The predicted octanol–water partition coefficient (Wildman–Crippen LogP) is 1.48. The number of fused-ring (bicyclic) bond motifs is 2. The second kappa shape index (κ2) is 9.67. The minimum atomic E-state index is -1.33. The number of carbonyl (C=O) groups is 2. The van der Waals surface area contributed by atoms with Crippen LogP contribution in [0.15, 0.2) is 24.3 Å². The van der Waals surface area contributed by atoms with Crippen LogP contribution >= 0.6 is 0 Å². The monoisotopic (exact) mass is 429 g/mol. The van der Waals surface area contributed by atoms with Gasteiger partial charge in [-0.2, -0.15) is 0 Å². The molecule has 2 aliphatic heterocycles. The Kier molecular flexibility index (Phi) is 6.94. The molecule has 4 rings (SSSR count). The molecule has 7 nitrogen and oxygen atoms in total. The standard InChI is InChI=1S/C24H35N3O4/c25-23(30)21-7-2-1-6-20(21)17-12-18-8-9-19(13-17)27(18)11-10-26(14-16-4-3-5-16)24(31)22(29)15-28/h1-2,6-7,16-19,22,28-29H,3-5,8-15H2,(H2,25,30). The van der Waals surface area contributed by atoms with Gasteiger partial charge in [0.2, 0.25) is 5.91 Å². The van der Waals surface area contributed by atoms with Gasteiger partial charge in [-0.15, -0.1) is 0 Å². The third-order valence-corrected chi connectivity index (χ3v) is 7.65. The van der Waals surface area contributed by atoms with E-state index in [1.165, 1.54) is 6.42 Å². The summed E-state index contributed by atoms with van der Waals surface area (Å²) in [6, 6.07) is 8.58. The zero-order valence-corrected chi connectivity index (χ0v) is 18.2. The summed E-state index contributed by atoms with van der Waals surface area (Å²) in [5, 5.41) is 19.1. The molecule has 2 amide bonds. The number of aliphatic hydroxyl groups is 2. The molecule has 3 fully saturated rings. The molecule has 7 heteroatoms. The molecule has 1 aromatic carbocycles. The van der Waals surface area contributed by atoms with Gasteiger partial charge in [0.25, 0.3) is 5.91 Å². The van der Waals surface area contributed by atoms with E-state index in [0.717, 1.165) is 50.6 Å². The SMILES string of the molecule is NC(=O)c1ccccc1C1CC2CCC(C1)N2CCN(CC1CCC1)C(=O)C(O)CO. The van der Waals surface area contributed by atoms with Gasteiger partial charge in [-0.05, 0) is 62.0 Å². The Morgan fingerprint density at radius 2 is 1.81 bits per heavy atom. The van der Waals surface area contributed by atoms with E-state index in [-0.39, 0.29) is 11.8 Å². The summed E-state index contributed by atoms with van der Waals surface area (Å²) in [4.78, 5) is 28.8. The van der Waals surface area contributed by atoms with Crippen molar-refractivity contribution in [3.05, 3.63) is 35.4 Å². The Morgan fingerprint density at radius 1 is 1.13 bits per heavy atom. The zero-order chi connectivity index (χ0) is 22.0. The van der Waals surface area contributed by atoms with Crippen LogP contribution in [-0.4, -0.2) is 76.3 Å². The highest BCUT2D eigenvalue weighted by Gasteiger charge is 2.42. The summed E-state index contributed by atoms with van der Waals surface area (Å²) in [6.45, 7) is 1.52. The van der Waals surface area contributed by atoms with E-state index < -0.39 is 12.7 Å². The molecule has 3 unspecified atom stereocenters. The Labute approximate surface area is 184 Å². The Bertz CT molecular complexity index is 783. The number of benzene rings is 1. The first kappa shape index (κ1) is 22.2. The number of hydrogen-bond donors (Lipinski definition) is 3. The van der Waals surface area contributed by atoms with Crippen LogP contribution in [0.4, 0.5) is 0 Å². The van der Waals surface area contributed by atoms with Gasteiger partial charge in [-0.25, -0.2) is 0 Å². The fraction of sp³-hybridized carbons (Fsp3) is 0.667. The molecule has 2 bridgehead atoms. The molecule has 4 N–H and O–H groups in total. The summed E-state index contributed by atoms with van der Waals surface area (Å²) >= 11 is 0. The molecule has 2 saturated heterocycles. The quantitative estimate of drug-likeness (QED) is 0.551. The number of primary amides is 1. The van der Waals surface area contributed by atoms with Crippen LogP contribution < -0.4 is 5.73 Å². The van der Waals surface area contributed by atoms with Gasteiger partial charge >= 0.3 is 0 Å². The number of hydrogen-bond acceptors (Lipinski definition) is 5. The van der Waals surface area contributed by atoms with Crippen LogP contribution in [0.2, 0.25) is 0 Å². The van der Waals surface area contributed by atoms with E-state index >= 15 is 0 Å². The lowest BCUT2D eigenvalue weighted by molar-refractivity contribution is -0.143. The molecule has 0 spiro atoms. The highest BCUT2D eigenvalue weighted by atomic mass is 16.3. The average molecular weight is 430 g/mol. The number of nitrogens with zero attached hydrogens (tertiary/aromatic N) is 2. The van der Waals surface area contributed by atoms with Crippen molar-refractivity contribution < 1.29 is 19.8 Å². The van der Waals surface area contributed by atoms with E-state index in [1.807, 2.05) is 24.3 Å². The largest absolute Gasteiger partial charge is 0.393 e. The van der Waals surface area contributed by atoms with E-state index in [0.29, 0.717) is 42.6 Å². The van der Waals surface area contributed by atoms with Crippen LogP contribution in [-0.2, 0) is 4.79 Å². The van der Waals surface area contributed by atoms with Gasteiger partial charge < -0.3 is 20.8 Å². The van der Waals surface area contributed by atoms with Crippen LogP contribution in [0, 0.1) is 5.92 Å². The van der Waals surface area contributed by atoms with E-state index in [1.54, 1.807) is 4.90 Å². The summed E-state index contributed by atoms with van der Waals surface area (Å²) in [5.74, 6) is 0.133. The maximum atomic E-state index is 12.6. The fourth-order valence-corrected chi connectivity index (χ4v) is 5.77. The number of piperidine rings is 1. The van der Waals surface area contributed by atoms with Gasteiger partial charge in [0.05, 0.1) is 6.61 Å². The molecular weight excluding hydrogens is 394 g/mol.